The second-order valence-corrected chi connectivity index (χ2v) is 6.69. The predicted octanol–water partition coefficient (Wildman–Crippen LogP) is 5.79. The van der Waals surface area contributed by atoms with Crippen molar-refractivity contribution in [1.29, 1.82) is 0 Å². The Morgan fingerprint density at radius 1 is 0.828 bits per heavy atom. The van der Waals surface area contributed by atoms with Crippen molar-refractivity contribution in [2.75, 3.05) is 10.6 Å². The van der Waals surface area contributed by atoms with Gasteiger partial charge >= 0.3 is 0 Å². The maximum absolute atomic E-state index is 12.6. The van der Waals surface area contributed by atoms with Crippen molar-refractivity contribution in [2.24, 2.45) is 0 Å². The van der Waals surface area contributed by atoms with E-state index in [0.717, 1.165) is 16.9 Å². The van der Waals surface area contributed by atoms with Gasteiger partial charge in [-0.25, -0.2) is 4.98 Å². The summed E-state index contributed by atoms with van der Waals surface area (Å²) in [5.74, 6) is 0.412. The predicted molar refractivity (Wildman–Crippen MR) is 117 cm³/mol. The zero-order chi connectivity index (χ0) is 20.1. The van der Waals surface area contributed by atoms with Gasteiger partial charge in [-0.2, -0.15) is 0 Å². The molecule has 0 unspecified atom stereocenters. The van der Waals surface area contributed by atoms with Gasteiger partial charge in [0.15, 0.2) is 0 Å². The second kappa shape index (κ2) is 8.54. The van der Waals surface area contributed by atoms with Gasteiger partial charge in [-0.3, -0.25) is 9.78 Å². The fourth-order valence-corrected chi connectivity index (χ4v) is 3.01. The van der Waals surface area contributed by atoms with Crippen LogP contribution in [-0.2, 0) is 0 Å². The van der Waals surface area contributed by atoms with E-state index < -0.39 is 0 Å². The highest BCUT2D eigenvalue weighted by Gasteiger charge is 2.10. The van der Waals surface area contributed by atoms with E-state index in [1.807, 2.05) is 48.5 Å². The van der Waals surface area contributed by atoms with Gasteiger partial charge in [0.05, 0.1) is 16.3 Å². The van der Waals surface area contributed by atoms with E-state index in [1.54, 1.807) is 36.5 Å². The molecule has 2 aromatic heterocycles. The Morgan fingerprint density at radius 3 is 2.38 bits per heavy atom. The van der Waals surface area contributed by atoms with Gasteiger partial charge in [-0.15, -0.1) is 0 Å². The number of anilines is 3. The molecular weight excluding hydrogens is 384 g/mol. The SMILES string of the molecule is O=C(Nc1ccc(Cl)c(-c2ccccn2)c1)c1ccc(Nc2ccccc2)nc1. The standard InChI is InChI=1S/C23H17ClN4O/c24-20-11-10-18(14-19(20)21-8-4-5-13-25-21)28-23(29)16-9-12-22(26-15-16)27-17-6-2-1-3-7-17/h1-15H,(H,26,27)(H,28,29). The lowest BCUT2D eigenvalue weighted by atomic mass is 10.1. The maximum Gasteiger partial charge on any atom is 0.257 e. The van der Waals surface area contributed by atoms with Gasteiger partial charge in [-0.05, 0) is 54.6 Å². The smallest absolute Gasteiger partial charge is 0.257 e. The molecule has 0 saturated carbocycles. The van der Waals surface area contributed by atoms with Crippen LogP contribution in [0, 0.1) is 0 Å². The van der Waals surface area contributed by atoms with Crippen molar-refractivity contribution in [3.05, 3.63) is 102 Å². The summed E-state index contributed by atoms with van der Waals surface area (Å²) in [5, 5.41) is 6.64. The average Bonchev–Trinajstić information content (AvgIpc) is 2.77. The number of nitrogens with zero attached hydrogens (tertiary/aromatic N) is 2. The molecule has 0 atom stereocenters. The van der Waals surface area contributed by atoms with Gasteiger partial charge in [0.25, 0.3) is 5.91 Å². The number of aromatic nitrogens is 2. The molecule has 0 aliphatic heterocycles. The van der Waals surface area contributed by atoms with E-state index >= 15 is 0 Å². The first kappa shape index (κ1) is 18.7. The van der Waals surface area contributed by atoms with E-state index in [1.165, 1.54) is 6.20 Å². The van der Waals surface area contributed by atoms with E-state index in [0.29, 0.717) is 22.1 Å². The lowest BCUT2D eigenvalue weighted by molar-refractivity contribution is 0.102. The number of para-hydroxylation sites is 1. The van der Waals surface area contributed by atoms with Crippen LogP contribution in [0.5, 0.6) is 0 Å². The maximum atomic E-state index is 12.6. The van der Waals surface area contributed by atoms with Gasteiger partial charge < -0.3 is 10.6 Å². The van der Waals surface area contributed by atoms with Crippen LogP contribution in [-0.4, -0.2) is 15.9 Å². The van der Waals surface area contributed by atoms with Crippen LogP contribution in [0.25, 0.3) is 11.3 Å². The van der Waals surface area contributed by atoms with Crippen molar-refractivity contribution < 1.29 is 4.79 Å². The Morgan fingerprint density at radius 2 is 1.66 bits per heavy atom. The van der Waals surface area contributed by atoms with Gasteiger partial charge in [0, 0.05) is 29.3 Å². The second-order valence-electron chi connectivity index (χ2n) is 6.29. The molecule has 0 spiro atoms. The molecule has 1 amide bonds. The molecule has 0 radical (unpaired) electrons. The van der Waals surface area contributed by atoms with Gasteiger partial charge in [0.2, 0.25) is 0 Å². The van der Waals surface area contributed by atoms with Crippen LogP contribution in [0.15, 0.2) is 91.3 Å². The Balaban J connectivity index is 1.48. The quantitative estimate of drug-likeness (QED) is 0.444. The molecule has 29 heavy (non-hydrogen) atoms. The van der Waals surface area contributed by atoms with E-state index in [9.17, 15) is 4.79 Å². The summed E-state index contributed by atoms with van der Waals surface area (Å²) >= 11 is 6.30. The normalized spacial score (nSPS) is 10.4. The molecule has 0 aliphatic carbocycles. The molecule has 2 heterocycles. The number of carbonyl (C=O) groups excluding carboxylic acids is 1. The Hall–Kier alpha value is -3.70. The number of benzene rings is 2. The van der Waals surface area contributed by atoms with E-state index in [4.69, 9.17) is 11.6 Å². The highest BCUT2D eigenvalue weighted by atomic mass is 35.5. The lowest BCUT2D eigenvalue weighted by Gasteiger charge is -2.10. The summed E-state index contributed by atoms with van der Waals surface area (Å²) in [6, 6.07) is 24.1. The van der Waals surface area contributed by atoms with Gasteiger partial charge in [-0.1, -0.05) is 35.9 Å². The topological polar surface area (TPSA) is 66.9 Å². The third-order valence-electron chi connectivity index (χ3n) is 4.24. The molecule has 2 aromatic carbocycles. The number of carbonyl (C=O) groups is 1. The van der Waals surface area contributed by atoms with Crippen molar-refractivity contribution in [3.8, 4) is 11.3 Å². The van der Waals surface area contributed by atoms with Crippen LogP contribution in [0.1, 0.15) is 10.4 Å². The lowest BCUT2D eigenvalue weighted by Crippen LogP contribution is -2.12. The summed E-state index contributed by atoms with van der Waals surface area (Å²) in [4.78, 5) is 21.2. The molecule has 0 bridgehead atoms. The van der Waals surface area contributed by atoms with Crippen LogP contribution in [0.2, 0.25) is 5.02 Å². The van der Waals surface area contributed by atoms with Crippen molar-refractivity contribution in [1.82, 2.24) is 9.97 Å². The third kappa shape index (κ3) is 4.59. The van der Waals surface area contributed by atoms with E-state index in [2.05, 4.69) is 20.6 Å². The van der Waals surface area contributed by atoms with Gasteiger partial charge in [0.1, 0.15) is 5.82 Å². The zero-order valence-corrected chi connectivity index (χ0v) is 16.1. The fourth-order valence-electron chi connectivity index (χ4n) is 2.80. The molecule has 6 heteroatoms. The molecule has 4 rings (SSSR count). The van der Waals surface area contributed by atoms with Crippen molar-refractivity contribution >= 4 is 34.7 Å². The molecule has 0 aliphatic rings. The van der Waals surface area contributed by atoms with Crippen molar-refractivity contribution in [3.63, 3.8) is 0 Å². The minimum Gasteiger partial charge on any atom is -0.340 e. The Bertz CT molecular complexity index is 1120. The van der Waals surface area contributed by atoms with Crippen molar-refractivity contribution in [2.45, 2.75) is 0 Å². The Kier molecular flexibility index (Phi) is 5.49. The third-order valence-corrected chi connectivity index (χ3v) is 4.57. The van der Waals surface area contributed by atoms with Crippen LogP contribution >= 0.6 is 11.6 Å². The largest absolute Gasteiger partial charge is 0.340 e. The van der Waals surface area contributed by atoms with Crippen LogP contribution in [0.3, 0.4) is 0 Å². The molecule has 0 saturated heterocycles. The molecule has 142 valence electrons. The summed E-state index contributed by atoms with van der Waals surface area (Å²) in [5.41, 5.74) is 3.52. The first-order valence-electron chi connectivity index (χ1n) is 8.99. The fraction of sp³-hybridized carbons (Fsp3) is 0. The molecule has 2 N–H and O–H groups in total. The number of hydrogen-bond donors (Lipinski definition) is 2. The Labute approximate surface area is 173 Å². The molecule has 5 nitrogen and oxygen atoms in total. The van der Waals surface area contributed by atoms with Crippen LogP contribution < -0.4 is 10.6 Å². The number of hydrogen-bond acceptors (Lipinski definition) is 4. The highest BCUT2D eigenvalue weighted by Crippen LogP contribution is 2.29. The minimum atomic E-state index is -0.252. The number of pyridine rings is 2. The average molecular weight is 401 g/mol. The monoisotopic (exact) mass is 400 g/mol. The summed E-state index contributed by atoms with van der Waals surface area (Å²) < 4.78 is 0. The first-order valence-corrected chi connectivity index (χ1v) is 9.37. The number of rotatable bonds is 5. The summed E-state index contributed by atoms with van der Waals surface area (Å²) in [6.45, 7) is 0. The van der Waals surface area contributed by atoms with E-state index in [-0.39, 0.29) is 5.91 Å². The number of amides is 1. The highest BCUT2D eigenvalue weighted by molar-refractivity contribution is 6.33. The summed E-state index contributed by atoms with van der Waals surface area (Å²) in [7, 11) is 0. The van der Waals surface area contributed by atoms with Crippen LogP contribution in [0.4, 0.5) is 17.2 Å². The summed E-state index contributed by atoms with van der Waals surface area (Å²) in [6.07, 6.45) is 3.24. The molecule has 0 fully saturated rings. The zero-order valence-electron chi connectivity index (χ0n) is 15.3. The minimum absolute atomic E-state index is 0.252. The first-order chi connectivity index (χ1) is 14.2. The molecule has 4 aromatic rings. The number of nitrogens with one attached hydrogen (secondary N) is 2. The molecular formula is C23H17ClN4O. The number of halogens is 1.